The Kier molecular flexibility index (Phi) is 3.85. The number of hydrogen-bond donors (Lipinski definition) is 0. The van der Waals surface area contributed by atoms with Gasteiger partial charge in [0.05, 0.1) is 4.47 Å². The van der Waals surface area contributed by atoms with Crippen LogP contribution in [-0.4, -0.2) is 18.1 Å². The van der Waals surface area contributed by atoms with Crippen molar-refractivity contribution in [3.63, 3.8) is 0 Å². The van der Waals surface area contributed by atoms with Gasteiger partial charge in [0.2, 0.25) is 0 Å². The Morgan fingerprint density at radius 3 is 3.00 bits per heavy atom. The van der Waals surface area contributed by atoms with Crippen LogP contribution in [0.25, 0.3) is 0 Å². The molecule has 1 unspecified atom stereocenters. The fraction of sp³-hybridized carbons (Fsp3) is 0.615. The normalized spacial score (nSPS) is 21.9. The van der Waals surface area contributed by atoms with Crippen LogP contribution in [0.2, 0.25) is 0 Å². The van der Waals surface area contributed by atoms with Crippen molar-refractivity contribution in [3.8, 4) is 0 Å². The summed E-state index contributed by atoms with van der Waals surface area (Å²) in [6, 6.07) is 2.05. The molecule has 0 aromatic carbocycles. The molecule has 2 nitrogen and oxygen atoms in total. The van der Waals surface area contributed by atoms with Gasteiger partial charge in [-0.3, -0.25) is 0 Å². The number of nitrogens with zero attached hydrogens (tertiary/aromatic N) is 2. The van der Waals surface area contributed by atoms with Crippen LogP contribution in [0.3, 0.4) is 0 Å². The van der Waals surface area contributed by atoms with Gasteiger partial charge in [-0.25, -0.2) is 4.98 Å². The predicted octanol–water partition coefficient (Wildman–Crippen LogP) is 3.78. The van der Waals surface area contributed by atoms with Gasteiger partial charge < -0.3 is 4.90 Å². The first-order valence-electron chi connectivity index (χ1n) is 6.04. The van der Waals surface area contributed by atoms with Crippen LogP contribution < -0.4 is 4.90 Å². The lowest BCUT2D eigenvalue weighted by atomic mass is 10.0. The third kappa shape index (κ3) is 2.57. The highest BCUT2D eigenvalue weighted by atomic mass is 79.9. The van der Waals surface area contributed by atoms with Crippen LogP contribution in [0.5, 0.6) is 0 Å². The van der Waals surface area contributed by atoms with E-state index in [0.717, 1.165) is 29.3 Å². The standard InChI is InChI=1S/C13H19BrN2/c1-10-4-3-8-16(9-6-10)13-12(14)11(2)5-7-15-13/h5,7,10H,3-4,6,8-9H2,1-2H3. The molecule has 1 fully saturated rings. The molecular formula is C13H19BrN2. The molecule has 3 heteroatoms. The van der Waals surface area contributed by atoms with Crippen molar-refractivity contribution in [1.82, 2.24) is 4.98 Å². The first-order valence-corrected chi connectivity index (χ1v) is 6.84. The number of aryl methyl sites for hydroxylation is 1. The molecule has 0 radical (unpaired) electrons. The first kappa shape index (κ1) is 11.9. The largest absolute Gasteiger partial charge is 0.356 e. The molecule has 1 saturated heterocycles. The van der Waals surface area contributed by atoms with E-state index < -0.39 is 0 Å². The van der Waals surface area contributed by atoms with Crippen LogP contribution in [0.1, 0.15) is 31.7 Å². The van der Waals surface area contributed by atoms with Crippen LogP contribution in [0.15, 0.2) is 16.7 Å². The maximum atomic E-state index is 4.51. The first-order chi connectivity index (χ1) is 7.68. The molecule has 2 heterocycles. The number of hydrogen-bond acceptors (Lipinski definition) is 2. The number of aromatic nitrogens is 1. The Labute approximate surface area is 106 Å². The fourth-order valence-electron chi connectivity index (χ4n) is 2.22. The molecule has 1 aliphatic heterocycles. The summed E-state index contributed by atoms with van der Waals surface area (Å²) in [4.78, 5) is 6.93. The molecule has 1 aromatic rings. The monoisotopic (exact) mass is 282 g/mol. The van der Waals surface area contributed by atoms with Gasteiger partial charge in [0, 0.05) is 19.3 Å². The maximum Gasteiger partial charge on any atom is 0.143 e. The highest BCUT2D eigenvalue weighted by molar-refractivity contribution is 9.10. The molecule has 0 spiro atoms. The summed E-state index contributed by atoms with van der Waals surface area (Å²) >= 11 is 3.65. The zero-order valence-electron chi connectivity index (χ0n) is 10.0. The van der Waals surface area contributed by atoms with Gasteiger partial charge in [0.15, 0.2) is 0 Å². The lowest BCUT2D eigenvalue weighted by Crippen LogP contribution is -2.25. The van der Waals surface area contributed by atoms with E-state index in [1.165, 1.54) is 24.8 Å². The third-order valence-corrected chi connectivity index (χ3v) is 4.36. The number of halogens is 1. The average Bonchev–Trinajstić information content (AvgIpc) is 2.47. The Morgan fingerprint density at radius 1 is 1.38 bits per heavy atom. The maximum absolute atomic E-state index is 4.51. The van der Waals surface area contributed by atoms with Crippen molar-refractivity contribution < 1.29 is 0 Å². The Morgan fingerprint density at radius 2 is 2.19 bits per heavy atom. The second-order valence-electron chi connectivity index (χ2n) is 4.79. The minimum absolute atomic E-state index is 0.855. The molecule has 0 aliphatic carbocycles. The van der Waals surface area contributed by atoms with E-state index in [1.54, 1.807) is 0 Å². The van der Waals surface area contributed by atoms with E-state index in [0.29, 0.717) is 0 Å². The van der Waals surface area contributed by atoms with Crippen molar-refractivity contribution in [1.29, 1.82) is 0 Å². The summed E-state index contributed by atoms with van der Waals surface area (Å²) in [5.41, 5.74) is 1.27. The zero-order valence-corrected chi connectivity index (χ0v) is 11.6. The number of rotatable bonds is 1. The summed E-state index contributed by atoms with van der Waals surface area (Å²) < 4.78 is 1.16. The summed E-state index contributed by atoms with van der Waals surface area (Å²) in [6.45, 7) is 6.74. The van der Waals surface area contributed by atoms with Crippen molar-refractivity contribution in [2.45, 2.75) is 33.1 Å². The smallest absolute Gasteiger partial charge is 0.143 e. The summed E-state index contributed by atoms with van der Waals surface area (Å²) in [6.07, 6.45) is 5.81. The lowest BCUT2D eigenvalue weighted by Gasteiger charge is -2.23. The Hall–Kier alpha value is -0.570. The molecule has 2 rings (SSSR count). The molecule has 1 aromatic heterocycles. The SMILES string of the molecule is Cc1ccnc(N2CCCC(C)CC2)c1Br. The number of anilines is 1. The van der Waals surface area contributed by atoms with E-state index in [1.807, 2.05) is 12.3 Å². The van der Waals surface area contributed by atoms with E-state index >= 15 is 0 Å². The molecule has 1 atom stereocenters. The summed E-state index contributed by atoms with van der Waals surface area (Å²) in [5, 5.41) is 0. The van der Waals surface area contributed by atoms with Gasteiger partial charge in [0.25, 0.3) is 0 Å². The zero-order chi connectivity index (χ0) is 11.5. The highest BCUT2D eigenvalue weighted by Gasteiger charge is 2.17. The average molecular weight is 283 g/mol. The van der Waals surface area contributed by atoms with Crippen LogP contribution in [-0.2, 0) is 0 Å². The van der Waals surface area contributed by atoms with Gasteiger partial charge in [0.1, 0.15) is 5.82 Å². The fourth-order valence-corrected chi connectivity index (χ4v) is 2.71. The molecular weight excluding hydrogens is 264 g/mol. The second-order valence-corrected chi connectivity index (χ2v) is 5.58. The van der Waals surface area contributed by atoms with Crippen LogP contribution in [0.4, 0.5) is 5.82 Å². The minimum atomic E-state index is 0.855. The Bertz CT molecular complexity index is 365. The summed E-state index contributed by atoms with van der Waals surface area (Å²) in [7, 11) is 0. The topological polar surface area (TPSA) is 16.1 Å². The third-order valence-electron chi connectivity index (χ3n) is 3.38. The van der Waals surface area contributed by atoms with E-state index in [9.17, 15) is 0 Å². The van der Waals surface area contributed by atoms with E-state index in [-0.39, 0.29) is 0 Å². The van der Waals surface area contributed by atoms with Crippen LogP contribution >= 0.6 is 15.9 Å². The quantitative estimate of drug-likeness (QED) is 0.779. The van der Waals surface area contributed by atoms with Crippen molar-refractivity contribution >= 4 is 21.7 Å². The molecule has 0 bridgehead atoms. The molecule has 0 saturated carbocycles. The highest BCUT2D eigenvalue weighted by Crippen LogP contribution is 2.29. The van der Waals surface area contributed by atoms with E-state index in [4.69, 9.17) is 0 Å². The van der Waals surface area contributed by atoms with Gasteiger partial charge in [-0.15, -0.1) is 0 Å². The lowest BCUT2D eigenvalue weighted by molar-refractivity contribution is 0.521. The van der Waals surface area contributed by atoms with Gasteiger partial charge in [-0.05, 0) is 59.7 Å². The molecule has 0 amide bonds. The number of pyridine rings is 1. The molecule has 1 aliphatic rings. The van der Waals surface area contributed by atoms with E-state index in [2.05, 4.69) is 39.7 Å². The predicted molar refractivity (Wildman–Crippen MR) is 71.9 cm³/mol. The second kappa shape index (κ2) is 5.17. The van der Waals surface area contributed by atoms with Crippen molar-refractivity contribution in [2.75, 3.05) is 18.0 Å². The molecule has 0 N–H and O–H groups in total. The van der Waals surface area contributed by atoms with Crippen molar-refractivity contribution in [3.05, 3.63) is 22.3 Å². The summed E-state index contributed by atoms with van der Waals surface area (Å²) in [5.74, 6) is 1.97. The van der Waals surface area contributed by atoms with Gasteiger partial charge >= 0.3 is 0 Å². The van der Waals surface area contributed by atoms with Gasteiger partial charge in [-0.2, -0.15) is 0 Å². The van der Waals surface area contributed by atoms with Gasteiger partial charge in [-0.1, -0.05) is 6.92 Å². The van der Waals surface area contributed by atoms with Crippen LogP contribution in [0, 0.1) is 12.8 Å². The van der Waals surface area contributed by atoms with Crippen molar-refractivity contribution in [2.24, 2.45) is 5.92 Å². The minimum Gasteiger partial charge on any atom is -0.356 e. The molecule has 88 valence electrons. The molecule has 16 heavy (non-hydrogen) atoms. The Balaban J connectivity index is 2.20.